The van der Waals surface area contributed by atoms with Gasteiger partial charge >= 0.3 is 0 Å². The highest BCUT2D eigenvalue weighted by atomic mass is 16.2. The number of carbonyl (C=O) groups excluding carboxylic acids is 2. The number of fused-ring (bicyclic) bond motifs is 1. The van der Waals surface area contributed by atoms with Gasteiger partial charge < -0.3 is 9.80 Å². The summed E-state index contributed by atoms with van der Waals surface area (Å²) in [5, 5.41) is 0. The van der Waals surface area contributed by atoms with E-state index in [4.69, 9.17) is 0 Å². The van der Waals surface area contributed by atoms with Crippen molar-refractivity contribution in [2.75, 3.05) is 37.6 Å². The maximum absolute atomic E-state index is 12.3. The second kappa shape index (κ2) is 9.09. The zero-order valence-corrected chi connectivity index (χ0v) is 16.7. The molecule has 0 aromatic heterocycles. The fourth-order valence-electron chi connectivity index (χ4n) is 4.23. The fourth-order valence-corrected chi connectivity index (χ4v) is 4.23. The van der Waals surface area contributed by atoms with E-state index in [0.717, 1.165) is 52.0 Å². The van der Waals surface area contributed by atoms with E-state index in [0.29, 0.717) is 12.0 Å². The number of piperazine rings is 1. The van der Waals surface area contributed by atoms with Crippen molar-refractivity contribution >= 4 is 17.5 Å². The number of hydrogen-bond acceptors (Lipinski definition) is 3. The van der Waals surface area contributed by atoms with E-state index in [1.54, 1.807) is 0 Å². The molecular weight excluding hydrogens is 364 g/mol. The molecule has 2 aliphatic rings. The van der Waals surface area contributed by atoms with E-state index in [1.807, 2.05) is 24.3 Å². The van der Waals surface area contributed by atoms with E-state index in [9.17, 15) is 9.59 Å². The SMILES string of the molecule is O=C(CC[NH+]1CCN(c2ccccc2)CC1)NNC(=O)c1ccc2c(c1)CCC2. The number of carbonyl (C=O) groups is 2. The summed E-state index contributed by atoms with van der Waals surface area (Å²) >= 11 is 0. The highest BCUT2D eigenvalue weighted by molar-refractivity contribution is 5.95. The Labute approximate surface area is 171 Å². The van der Waals surface area contributed by atoms with Gasteiger partial charge in [-0.25, -0.2) is 0 Å². The normalized spacial score (nSPS) is 16.3. The molecule has 4 rings (SSSR count). The number of aryl methyl sites for hydroxylation is 2. The van der Waals surface area contributed by atoms with Crippen LogP contribution in [0.15, 0.2) is 48.5 Å². The zero-order valence-electron chi connectivity index (χ0n) is 16.7. The number of hydrogen-bond donors (Lipinski definition) is 3. The molecule has 1 heterocycles. The number of amides is 2. The number of nitrogens with one attached hydrogen (secondary N) is 3. The van der Waals surface area contributed by atoms with Gasteiger partial charge in [-0.3, -0.25) is 20.4 Å². The van der Waals surface area contributed by atoms with Crippen molar-refractivity contribution in [3.63, 3.8) is 0 Å². The highest BCUT2D eigenvalue weighted by Gasteiger charge is 2.21. The minimum Gasteiger partial charge on any atom is -0.360 e. The van der Waals surface area contributed by atoms with Gasteiger partial charge in [0, 0.05) is 11.3 Å². The quantitative estimate of drug-likeness (QED) is 0.657. The van der Waals surface area contributed by atoms with Crippen LogP contribution in [0.3, 0.4) is 0 Å². The number of para-hydroxylation sites is 1. The topological polar surface area (TPSA) is 65.9 Å². The molecule has 0 bridgehead atoms. The first-order valence-corrected chi connectivity index (χ1v) is 10.5. The third-order valence-electron chi connectivity index (χ3n) is 5.97. The molecule has 2 aromatic rings. The summed E-state index contributed by atoms with van der Waals surface area (Å²) in [6.45, 7) is 4.81. The van der Waals surface area contributed by atoms with Crippen LogP contribution in [-0.4, -0.2) is 44.5 Å². The lowest BCUT2D eigenvalue weighted by Crippen LogP contribution is -3.15. The zero-order chi connectivity index (χ0) is 20.1. The highest BCUT2D eigenvalue weighted by Crippen LogP contribution is 2.22. The fraction of sp³-hybridized carbons (Fsp3) is 0.391. The van der Waals surface area contributed by atoms with E-state index in [2.05, 4.69) is 40.0 Å². The molecule has 0 unspecified atom stereocenters. The van der Waals surface area contributed by atoms with Crippen molar-refractivity contribution in [2.24, 2.45) is 0 Å². The van der Waals surface area contributed by atoms with E-state index >= 15 is 0 Å². The first kappa shape index (κ1) is 19.5. The van der Waals surface area contributed by atoms with E-state index in [-0.39, 0.29) is 11.8 Å². The Morgan fingerprint density at radius 3 is 2.48 bits per heavy atom. The maximum atomic E-state index is 12.3. The van der Waals surface area contributed by atoms with Gasteiger partial charge in [-0.15, -0.1) is 0 Å². The van der Waals surface area contributed by atoms with E-state index < -0.39 is 0 Å². The van der Waals surface area contributed by atoms with Crippen LogP contribution < -0.4 is 20.7 Å². The molecule has 0 spiro atoms. The van der Waals surface area contributed by atoms with Gasteiger partial charge in [0.1, 0.15) is 0 Å². The van der Waals surface area contributed by atoms with Gasteiger partial charge in [-0.05, 0) is 54.7 Å². The summed E-state index contributed by atoms with van der Waals surface area (Å²) in [6.07, 6.45) is 3.68. The monoisotopic (exact) mass is 393 g/mol. The van der Waals surface area contributed by atoms with Crippen molar-refractivity contribution < 1.29 is 14.5 Å². The third kappa shape index (κ3) is 4.95. The molecule has 1 aliphatic carbocycles. The maximum Gasteiger partial charge on any atom is 0.269 e. The Bertz CT molecular complexity index is 860. The molecule has 29 heavy (non-hydrogen) atoms. The van der Waals surface area contributed by atoms with Crippen LogP contribution in [0.4, 0.5) is 5.69 Å². The standard InChI is InChI=1S/C23H28N4O2/c28-22(24-25-23(29)20-10-9-18-5-4-6-19(18)17-20)11-12-26-13-15-27(16-14-26)21-7-2-1-3-8-21/h1-3,7-10,17H,4-6,11-16H2,(H,24,28)(H,25,29)/p+1. The van der Waals surface area contributed by atoms with Crippen LogP contribution in [0.1, 0.15) is 34.3 Å². The average Bonchev–Trinajstić information content (AvgIpc) is 3.25. The van der Waals surface area contributed by atoms with Crippen molar-refractivity contribution in [2.45, 2.75) is 25.7 Å². The van der Waals surface area contributed by atoms with Crippen LogP contribution >= 0.6 is 0 Å². The Balaban J connectivity index is 1.17. The van der Waals surface area contributed by atoms with Crippen LogP contribution in [0.5, 0.6) is 0 Å². The van der Waals surface area contributed by atoms with Gasteiger partial charge in [0.15, 0.2) is 0 Å². The lowest BCUT2D eigenvalue weighted by molar-refractivity contribution is -0.900. The largest absolute Gasteiger partial charge is 0.360 e. The molecule has 1 saturated heterocycles. The molecule has 1 aliphatic heterocycles. The summed E-state index contributed by atoms with van der Waals surface area (Å²) in [7, 11) is 0. The van der Waals surface area contributed by atoms with Crippen LogP contribution in [0.2, 0.25) is 0 Å². The number of anilines is 1. The molecular formula is C23H29N4O2+. The van der Waals surface area contributed by atoms with E-state index in [1.165, 1.54) is 21.7 Å². The second-order valence-electron chi connectivity index (χ2n) is 7.91. The molecule has 1 fully saturated rings. The van der Waals surface area contributed by atoms with Crippen molar-refractivity contribution in [3.05, 3.63) is 65.2 Å². The number of benzene rings is 2. The van der Waals surface area contributed by atoms with Gasteiger partial charge in [-0.2, -0.15) is 0 Å². The minimum absolute atomic E-state index is 0.141. The molecule has 6 nitrogen and oxygen atoms in total. The lowest BCUT2D eigenvalue weighted by Gasteiger charge is -2.33. The first-order chi connectivity index (χ1) is 14.2. The second-order valence-corrected chi connectivity index (χ2v) is 7.91. The van der Waals surface area contributed by atoms with Gasteiger partial charge in [0.05, 0.1) is 39.1 Å². The summed E-state index contributed by atoms with van der Waals surface area (Å²) in [5.74, 6) is -0.394. The molecule has 0 saturated carbocycles. The lowest BCUT2D eigenvalue weighted by atomic mass is 10.1. The van der Waals surface area contributed by atoms with Crippen molar-refractivity contribution in [1.29, 1.82) is 0 Å². The predicted molar refractivity (Wildman–Crippen MR) is 113 cm³/mol. The third-order valence-corrected chi connectivity index (χ3v) is 5.97. The summed E-state index contributed by atoms with van der Waals surface area (Å²) < 4.78 is 0. The van der Waals surface area contributed by atoms with Gasteiger partial charge in [0.25, 0.3) is 5.91 Å². The number of quaternary nitrogens is 1. The summed E-state index contributed by atoms with van der Waals surface area (Å²) in [6, 6.07) is 16.3. The summed E-state index contributed by atoms with van der Waals surface area (Å²) in [5.41, 5.74) is 9.56. The van der Waals surface area contributed by atoms with Crippen molar-refractivity contribution in [1.82, 2.24) is 10.9 Å². The molecule has 152 valence electrons. The van der Waals surface area contributed by atoms with Gasteiger partial charge in [0.2, 0.25) is 5.91 Å². The first-order valence-electron chi connectivity index (χ1n) is 10.5. The molecule has 0 atom stereocenters. The number of rotatable bonds is 5. The molecule has 2 amide bonds. The summed E-state index contributed by atoms with van der Waals surface area (Å²) in [4.78, 5) is 28.3. The van der Waals surface area contributed by atoms with Gasteiger partial charge in [-0.1, -0.05) is 24.3 Å². The average molecular weight is 394 g/mol. The van der Waals surface area contributed by atoms with Crippen LogP contribution in [-0.2, 0) is 17.6 Å². The minimum atomic E-state index is -0.253. The Hall–Kier alpha value is -2.86. The van der Waals surface area contributed by atoms with Crippen LogP contribution in [0.25, 0.3) is 0 Å². The Morgan fingerprint density at radius 1 is 0.931 bits per heavy atom. The molecule has 6 heteroatoms. The van der Waals surface area contributed by atoms with Crippen molar-refractivity contribution in [3.8, 4) is 0 Å². The number of hydrazine groups is 1. The smallest absolute Gasteiger partial charge is 0.269 e. The predicted octanol–water partition coefficient (Wildman–Crippen LogP) is 0.732. The Morgan fingerprint density at radius 2 is 1.69 bits per heavy atom. The van der Waals surface area contributed by atoms with Crippen LogP contribution in [0, 0.1) is 0 Å². The number of nitrogens with zero attached hydrogens (tertiary/aromatic N) is 1. The molecule has 0 radical (unpaired) electrons. The Kier molecular flexibility index (Phi) is 6.10. The molecule has 3 N–H and O–H groups in total. The molecule has 2 aromatic carbocycles.